The summed E-state index contributed by atoms with van der Waals surface area (Å²) in [6, 6.07) is 20.8. The molecule has 2 atom stereocenters. The molecule has 3 nitrogen and oxygen atoms in total. The van der Waals surface area contributed by atoms with E-state index in [-0.39, 0.29) is 17.9 Å². The number of para-hydroxylation sites is 1. The lowest BCUT2D eigenvalue weighted by atomic mass is 10.0. The fraction of sp³-hybridized carbons (Fsp3) is 0.368. The topological polar surface area (TPSA) is 21.7 Å². The van der Waals surface area contributed by atoms with Gasteiger partial charge in [0.2, 0.25) is 0 Å². The molecule has 1 aliphatic heterocycles. The third-order valence-corrected chi connectivity index (χ3v) is 3.61. The first-order valence-electron chi connectivity index (χ1n) is 7.77. The minimum Gasteiger partial charge on any atom is -0.344 e. The molecule has 0 radical (unpaired) electrons. The van der Waals surface area contributed by atoms with Crippen LogP contribution in [0, 0.1) is 0 Å². The Bertz CT molecular complexity index is 544. The van der Waals surface area contributed by atoms with E-state index in [1.807, 2.05) is 29.3 Å². The van der Waals surface area contributed by atoms with Crippen LogP contribution in [-0.2, 0) is 9.57 Å². The molecule has 0 aromatic heterocycles. The van der Waals surface area contributed by atoms with Gasteiger partial charge in [-0.1, -0.05) is 48.5 Å². The number of hydroxylamine groups is 1. The van der Waals surface area contributed by atoms with E-state index in [9.17, 15) is 0 Å². The van der Waals surface area contributed by atoms with Gasteiger partial charge < -0.3 is 4.74 Å². The molecular formula is C19H23NO2. The highest BCUT2D eigenvalue weighted by Crippen LogP contribution is 2.39. The van der Waals surface area contributed by atoms with E-state index in [0.29, 0.717) is 0 Å². The molecule has 2 aromatic rings. The second-order valence-corrected chi connectivity index (χ2v) is 6.59. The van der Waals surface area contributed by atoms with Crippen LogP contribution < -0.4 is 5.06 Å². The summed E-state index contributed by atoms with van der Waals surface area (Å²) in [6.45, 7) is 6.16. The summed E-state index contributed by atoms with van der Waals surface area (Å²) in [5.41, 5.74) is 2.07. The van der Waals surface area contributed by atoms with Gasteiger partial charge in [-0.15, -0.1) is 0 Å². The molecule has 0 unspecified atom stereocenters. The summed E-state index contributed by atoms with van der Waals surface area (Å²) in [4.78, 5) is 6.10. The lowest BCUT2D eigenvalue weighted by Crippen LogP contribution is -2.28. The maximum atomic E-state index is 6.10. The van der Waals surface area contributed by atoms with Crippen molar-refractivity contribution in [2.45, 2.75) is 45.1 Å². The number of benzene rings is 2. The molecule has 3 heteroatoms. The van der Waals surface area contributed by atoms with Crippen LogP contribution in [0.1, 0.15) is 38.8 Å². The number of rotatable bonds is 3. The zero-order valence-electron chi connectivity index (χ0n) is 13.4. The molecule has 116 valence electrons. The van der Waals surface area contributed by atoms with Crippen molar-refractivity contribution in [3.05, 3.63) is 66.2 Å². The maximum absolute atomic E-state index is 6.10. The molecule has 1 fully saturated rings. The van der Waals surface area contributed by atoms with Crippen LogP contribution in [0.3, 0.4) is 0 Å². The number of anilines is 1. The van der Waals surface area contributed by atoms with Crippen LogP contribution in [0.25, 0.3) is 0 Å². The molecule has 2 aromatic carbocycles. The van der Waals surface area contributed by atoms with Crippen LogP contribution >= 0.6 is 0 Å². The Balaban J connectivity index is 1.87. The molecule has 1 aliphatic rings. The highest BCUT2D eigenvalue weighted by atomic mass is 16.8. The highest BCUT2D eigenvalue weighted by molar-refractivity contribution is 5.47. The molecule has 0 aliphatic carbocycles. The van der Waals surface area contributed by atoms with Crippen LogP contribution in [-0.4, -0.2) is 11.9 Å². The Kier molecular flexibility index (Phi) is 4.19. The summed E-state index contributed by atoms with van der Waals surface area (Å²) in [7, 11) is 0. The average Bonchev–Trinajstić information content (AvgIpc) is 2.91. The van der Waals surface area contributed by atoms with Gasteiger partial charge in [0.05, 0.1) is 17.3 Å². The van der Waals surface area contributed by atoms with Gasteiger partial charge >= 0.3 is 0 Å². The van der Waals surface area contributed by atoms with Crippen molar-refractivity contribution in [3.8, 4) is 0 Å². The smallest absolute Gasteiger partial charge is 0.186 e. The zero-order valence-corrected chi connectivity index (χ0v) is 13.4. The van der Waals surface area contributed by atoms with Gasteiger partial charge in [-0.25, -0.2) is 9.90 Å². The minimum atomic E-state index is -0.231. The molecule has 0 N–H and O–H groups in total. The number of ether oxygens (including phenoxy) is 1. The predicted molar refractivity (Wildman–Crippen MR) is 88.4 cm³/mol. The lowest BCUT2D eigenvalue weighted by Gasteiger charge is -2.26. The SMILES string of the molecule is CC(C)(C)O[C@H]1C[C@H](c2ccccc2)N(c2ccccc2)O1. The molecule has 22 heavy (non-hydrogen) atoms. The Labute approximate surface area is 132 Å². The fourth-order valence-electron chi connectivity index (χ4n) is 2.75. The predicted octanol–water partition coefficient (Wildman–Crippen LogP) is 4.71. The highest BCUT2D eigenvalue weighted by Gasteiger charge is 2.37. The van der Waals surface area contributed by atoms with E-state index < -0.39 is 0 Å². The van der Waals surface area contributed by atoms with Crippen molar-refractivity contribution in [2.75, 3.05) is 5.06 Å². The molecule has 0 bridgehead atoms. The van der Waals surface area contributed by atoms with Crippen molar-refractivity contribution in [1.29, 1.82) is 0 Å². The summed E-state index contributed by atoms with van der Waals surface area (Å²) >= 11 is 0. The fourth-order valence-corrected chi connectivity index (χ4v) is 2.75. The second-order valence-electron chi connectivity index (χ2n) is 6.59. The normalized spacial score (nSPS) is 22.0. The molecule has 1 saturated heterocycles. The van der Waals surface area contributed by atoms with Crippen LogP contribution in [0.4, 0.5) is 5.69 Å². The van der Waals surface area contributed by atoms with Crippen LogP contribution in [0.15, 0.2) is 60.7 Å². The van der Waals surface area contributed by atoms with Gasteiger partial charge in [0, 0.05) is 6.42 Å². The van der Waals surface area contributed by atoms with Gasteiger partial charge in [0.25, 0.3) is 0 Å². The molecule has 0 spiro atoms. The Morgan fingerprint density at radius 1 is 0.955 bits per heavy atom. The standard InChI is InChI=1S/C19H23NO2/c1-19(2,3)21-18-14-17(15-10-6-4-7-11-15)20(22-18)16-12-8-5-9-13-16/h4-13,17-18H,14H2,1-3H3/t17-,18-/m1/s1. The van der Waals surface area contributed by atoms with E-state index in [1.165, 1.54) is 5.56 Å². The third-order valence-electron chi connectivity index (χ3n) is 3.61. The largest absolute Gasteiger partial charge is 0.344 e. The van der Waals surface area contributed by atoms with E-state index in [0.717, 1.165) is 12.1 Å². The average molecular weight is 297 g/mol. The van der Waals surface area contributed by atoms with Gasteiger partial charge in [-0.2, -0.15) is 0 Å². The molecule has 1 heterocycles. The quantitative estimate of drug-likeness (QED) is 0.819. The van der Waals surface area contributed by atoms with Gasteiger partial charge in [0.1, 0.15) is 0 Å². The van der Waals surface area contributed by atoms with E-state index in [1.54, 1.807) is 0 Å². The number of hydrogen-bond donors (Lipinski definition) is 0. The monoisotopic (exact) mass is 297 g/mol. The van der Waals surface area contributed by atoms with Crippen LogP contribution in [0.2, 0.25) is 0 Å². The lowest BCUT2D eigenvalue weighted by molar-refractivity contribution is -0.176. The van der Waals surface area contributed by atoms with E-state index in [2.05, 4.69) is 57.2 Å². The molecule has 3 rings (SSSR count). The summed E-state index contributed by atoms with van der Waals surface area (Å²) in [5.74, 6) is 0. The first kappa shape index (κ1) is 15.1. The van der Waals surface area contributed by atoms with Gasteiger partial charge in [0.15, 0.2) is 6.29 Å². The van der Waals surface area contributed by atoms with Crippen LogP contribution in [0.5, 0.6) is 0 Å². The first-order chi connectivity index (χ1) is 10.5. The van der Waals surface area contributed by atoms with E-state index >= 15 is 0 Å². The minimum absolute atomic E-state index is 0.163. The number of hydrogen-bond acceptors (Lipinski definition) is 3. The summed E-state index contributed by atoms with van der Waals surface area (Å²) in [5, 5.41) is 1.98. The molecule has 0 amide bonds. The Hall–Kier alpha value is -1.84. The van der Waals surface area contributed by atoms with Crippen molar-refractivity contribution in [3.63, 3.8) is 0 Å². The maximum Gasteiger partial charge on any atom is 0.186 e. The Morgan fingerprint density at radius 3 is 2.14 bits per heavy atom. The van der Waals surface area contributed by atoms with Gasteiger partial charge in [-0.3, -0.25) is 0 Å². The first-order valence-corrected chi connectivity index (χ1v) is 7.77. The number of nitrogens with zero attached hydrogens (tertiary/aromatic N) is 1. The van der Waals surface area contributed by atoms with E-state index in [4.69, 9.17) is 9.57 Å². The molecule has 0 saturated carbocycles. The Morgan fingerprint density at radius 2 is 1.55 bits per heavy atom. The zero-order chi connectivity index (χ0) is 15.6. The summed E-state index contributed by atoms with van der Waals surface area (Å²) in [6.07, 6.45) is 0.585. The molecular weight excluding hydrogens is 274 g/mol. The second kappa shape index (κ2) is 6.11. The van der Waals surface area contributed by atoms with Crippen molar-refractivity contribution in [1.82, 2.24) is 0 Å². The van der Waals surface area contributed by atoms with Crippen molar-refractivity contribution in [2.24, 2.45) is 0 Å². The summed E-state index contributed by atoms with van der Waals surface area (Å²) < 4.78 is 6.04. The van der Waals surface area contributed by atoms with Gasteiger partial charge in [-0.05, 0) is 38.5 Å². The van der Waals surface area contributed by atoms with Crippen molar-refractivity contribution < 1.29 is 9.57 Å². The van der Waals surface area contributed by atoms with Crippen molar-refractivity contribution >= 4 is 5.69 Å². The third kappa shape index (κ3) is 3.49.